The van der Waals surface area contributed by atoms with E-state index in [2.05, 4.69) is 9.84 Å². The molecule has 0 saturated carbocycles. The van der Waals surface area contributed by atoms with E-state index in [0.717, 1.165) is 31.2 Å². The summed E-state index contributed by atoms with van der Waals surface area (Å²) in [5.41, 5.74) is 7.73. The molecular weight excluding hydrogens is 478 g/mol. The molecule has 9 nitrogen and oxygen atoms in total. The number of anilines is 1. The minimum atomic E-state index is -4.75. The number of furan rings is 1. The Balaban J connectivity index is 1.61. The first-order valence-corrected chi connectivity index (χ1v) is 12.6. The number of amides is 1. The van der Waals surface area contributed by atoms with Crippen molar-refractivity contribution in [3.63, 3.8) is 0 Å². The molecule has 2 aromatic carbocycles. The summed E-state index contributed by atoms with van der Waals surface area (Å²) in [5.74, 6) is -0.0197. The SMILES string of the molecule is NC(COP(=O)(O)O)C(=O)Nc1cccc(-c2ccco2)c1OCCCCCc1ccc(F)cc1. The van der Waals surface area contributed by atoms with E-state index in [-0.39, 0.29) is 5.82 Å². The fourth-order valence-corrected chi connectivity index (χ4v) is 3.68. The van der Waals surface area contributed by atoms with Gasteiger partial charge in [-0.15, -0.1) is 0 Å². The molecule has 0 saturated heterocycles. The van der Waals surface area contributed by atoms with E-state index in [9.17, 15) is 13.8 Å². The smallest absolute Gasteiger partial charge is 0.469 e. The number of carbonyl (C=O) groups excluding carboxylic acids is 1. The quantitative estimate of drug-likeness (QED) is 0.199. The number of ether oxygens (including phenoxy) is 1. The fraction of sp³-hybridized carbons (Fsp3) is 0.292. The van der Waals surface area contributed by atoms with Crippen LogP contribution in [0.25, 0.3) is 11.3 Å². The lowest BCUT2D eigenvalue weighted by Gasteiger charge is -2.18. The van der Waals surface area contributed by atoms with Crippen LogP contribution in [0.5, 0.6) is 5.75 Å². The van der Waals surface area contributed by atoms with Crippen LogP contribution in [-0.4, -0.2) is 34.9 Å². The molecule has 1 heterocycles. The van der Waals surface area contributed by atoms with Crippen molar-refractivity contribution in [1.29, 1.82) is 0 Å². The normalized spacial score (nSPS) is 12.3. The molecule has 0 spiro atoms. The number of hydrogen-bond donors (Lipinski definition) is 4. The van der Waals surface area contributed by atoms with E-state index in [1.807, 2.05) is 0 Å². The number of halogens is 1. The van der Waals surface area contributed by atoms with Crippen molar-refractivity contribution in [2.45, 2.75) is 31.7 Å². The molecule has 3 rings (SSSR count). The highest BCUT2D eigenvalue weighted by Gasteiger charge is 2.22. The van der Waals surface area contributed by atoms with Crippen LogP contribution in [0, 0.1) is 5.82 Å². The summed E-state index contributed by atoms with van der Waals surface area (Å²) in [6, 6.07) is 13.8. The summed E-state index contributed by atoms with van der Waals surface area (Å²) >= 11 is 0. The minimum absolute atomic E-state index is 0.254. The van der Waals surface area contributed by atoms with Gasteiger partial charge in [0.25, 0.3) is 0 Å². The number of para-hydroxylation sites is 1. The summed E-state index contributed by atoms with van der Waals surface area (Å²) in [6.07, 6.45) is 4.89. The van der Waals surface area contributed by atoms with Crippen LogP contribution in [0.1, 0.15) is 24.8 Å². The van der Waals surface area contributed by atoms with Gasteiger partial charge in [0.15, 0.2) is 5.75 Å². The van der Waals surface area contributed by atoms with Gasteiger partial charge in [-0.1, -0.05) is 18.2 Å². The van der Waals surface area contributed by atoms with E-state index in [1.54, 1.807) is 42.5 Å². The highest BCUT2D eigenvalue weighted by atomic mass is 31.2. The van der Waals surface area contributed by atoms with Crippen molar-refractivity contribution in [1.82, 2.24) is 0 Å². The lowest BCUT2D eigenvalue weighted by molar-refractivity contribution is -0.118. The fourth-order valence-electron chi connectivity index (χ4n) is 3.33. The molecule has 0 aliphatic rings. The second-order valence-electron chi connectivity index (χ2n) is 7.83. The molecule has 11 heteroatoms. The average molecular weight is 506 g/mol. The molecule has 1 atom stereocenters. The zero-order chi connectivity index (χ0) is 25.3. The standard InChI is InChI=1S/C24H28FN2O7P/c25-18-12-10-17(11-13-18)6-2-1-3-14-33-23-19(22-9-5-15-32-22)7-4-8-21(23)27-24(28)20(26)16-34-35(29,30)31/h4-5,7-13,15,20H,1-3,6,14,16,26H2,(H,27,28)(H2,29,30,31). The van der Waals surface area contributed by atoms with Gasteiger partial charge in [-0.25, -0.2) is 8.96 Å². The monoisotopic (exact) mass is 506 g/mol. The van der Waals surface area contributed by atoms with Gasteiger partial charge in [-0.05, 0) is 67.6 Å². The topological polar surface area (TPSA) is 144 Å². The number of carbonyl (C=O) groups is 1. The maximum absolute atomic E-state index is 13.0. The van der Waals surface area contributed by atoms with Crippen molar-refractivity contribution in [3.8, 4) is 17.1 Å². The summed E-state index contributed by atoms with van der Waals surface area (Å²) in [4.78, 5) is 30.1. The van der Waals surface area contributed by atoms with Crippen molar-refractivity contribution in [2.75, 3.05) is 18.5 Å². The molecule has 0 fully saturated rings. The number of rotatable bonds is 13. The molecule has 1 amide bonds. The van der Waals surface area contributed by atoms with E-state index in [4.69, 9.17) is 24.7 Å². The summed E-state index contributed by atoms with van der Waals surface area (Å²) in [5, 5.41) is 2.63. The molecule has 0 aliphatic carbocycles. The molecular formula is C24H28FN2O7P. The van der Waals surface area contributed by atoms with Gasteiger partial charge in [-0.3, -0.25) is 9.32 Å². The Bertz CT molecular complexity index is 1130. The Morgan fingerprint density at radius 2 is 1.86 bits per heavy atom. The zero-order valence-corrected chi connectivity index (χ0v) is 19.8. The van der Waals surface area contributed by atoms with Crippen molar-refractivity contribution in [3.05, 3.63) is 72.2 Å². The van der Waals surface area contributed by atoms with Gasteiger partial charge in [0.2, 0.25) is 5.91 Å². The molecule has 0 aliphatic heterocycles. The lowest BCUT2D eigenvalue weighted by atomic mass is 10.1. The van der Waals surface area contributed by atoms with Crippen LogP contribution in [0.15, 0.2) is 65.3 Å². The molecule has 3 aromatic rings. The number of phosphoric ester groups is 1. The maximum atomic E-state index is 13.0. The predicted octanol–water partition coefficient (Wildman–Crippen LogP) is 4.25. The number of nitrogens with one attached hydrogen (secondary N) is 1. The van der Waals surface area contributed by atoms with E-state index in [0.29, 0.717) is 29.4 Å². The summed E-state index contributed by atoms with van der Waals surface area (Å²) < 4.78 is 39.7. The van der Waals surface area contributed by atoms with Gasteiger partial charge >= 0.3 is 7.82 Å². The van der Waals surface area contributed by atoms with Crippen LogP contribution in [0.4, 0.5) is 10.1 Å². The number of unbranched alkanes of at least 4 members (excludes halogenated alkanes) is 2. The first-order chi connectivity index (χ1) is 16.7. The second kappa shape index (κ2) is 12.6. The Labute approximate surface area is 202 Å². The van der Waals surface area contributed by atoms with Crippen molar-refractivity contribution >= 4 is 19.4 Å². The number of phosphoric acid groups is 1. The van der Waals surface area contributed by atoms with Gasteiger partial charge < -0.3 is 30.0 Å². The average Bonchev–Trinajstić information content (AvgIpc) is 3.36. The maximum Gasteiger partial charge on any atom is 0.469 e. The van der Waals surface area contributed by atoms with Crippen LogP contribution in [0.2, 0.25) is 0 Å². The number of hydrogen-bond acceptors (Lipinski definition) is 6. The van der Waals surface area contributed by atoms with Gasteiger partial charge in [0.05, 0.1) is 30.7 Å². The first-order valence-electron chi connectivity index (χ1n) is 11.0. The number of benzene rings is 2. The third-order valence-corrected chi connectivity index (χ3v) is 5.57. The Morgan fingerprint density at radius 1 is 1.09 bits per heavy atom. The van der Waals surface area contributed by atoms with Crippen molar-refractivity contribution in [2.24, 2.45) is 5.73 Å². The molecule has 35 heavy (non-hydrogen) atoms. The lowest BCUT2D eigenvalue weighted by Crippen LogP contribution is -2.39. The largest absolute Gasteiger partial charge is 0.491 e. The van der Waals surface area contributed by atoms with Crippen LogP contribution in [-0.2, 0) is 20.3 Å². The molecule has 5 N–H and O–H groups in total. The second-order valence-corrected chi connectivity index (χ2v) is 9.07. The van der Waals surface area contributed by atoms with Crippen LogP contribution < -0.4 is 15.8 Å². The van der Waals surface area contributed by atoms with Gasteiger partial charge in [0, 0.05) is 0 Å². The zero-order valence-electron chi connectivity index (χ0n) is 18.9. The molecule has 0 bridgehead atoms. The van der Waals surface area contributed by atoms with E-state index >= 15 is 0 Å². The minimum Gasteiger partial charge on any atom is -0.491 e. The molecule has 0 radical (unpaired) electrons. The van der Waals surface area contributed by atoms with Crippen LogP contribution >= 0.6 is 7.82 Å². The predicted molar refractivity (Wildman–Crippen MR) is 128 cm³/mol. The van der Waals surface area contributed by atoms with E-state index < -0.39 is 26.4 Å². The summed E-state index contributed by atoms with van der Waals surface area (Å²) in [7, 11) is -4.75. The Kier molecular flexibility index (Phi) is 9.59. The third-order valence-electron chi connectivity index (χ3n) is 5.09. The van der Waals surface area contributed by atoms with E-state index in [1.165, 1.54) is 18.4 Å². The summed E-state index contributed by atoms with van der Waals surface area (Å²) in [6.45, 7) is -0.282. The highest BCUT2D eigenvalue weighted by Crippen LogP contribution is 2.38. The van der Waals surface area contributed by atoms with Crippen molar-refractivity contribution < 1.29 is 37.2 Å². The van der Waals surface area contributed by atoms with Gasteiger partial charge in [-0.2, -0.15) is 0 Å². The number of aryl methyl sites for hydroxylation is 1. The van der Waals surface area contributed by atoms with Gasteiger partial charge in [0.1, 0.15) is 17.6 Å². The Hall–Kier alpha value is -3.01. The number of nitrogens with two attached hydrogens (primary N) is 1. The Morgan fingerprint density at radius 3 is 2.54 bits per heavy atom. The molecule has 188 valence electrons. The molecule has 1 aromatic heterocycles. The first kappa shape index (κ1) is 26.6. The third kappa shape index (κ3) is 8.61. The van der Waals surface area contributed by atoms with Crippen LogP contribution in [0.3, 0.4) is 0 Å². The molecule has 1 unspecified atom stereocenters. The highest BCUT2D eigenvalue weighted by molar-refractivity contribution is 7.46.